The lowest BCUT2D eigenvalue weighted by molar-refractivity contribution is -0.368. The maximum atomic E-state index is 5.41. The maximum Gasteiger partial charge on any atom is 0.160 e. The average Bonchev–Trinajstić information content (AvgIpc) is 2.41. The van der Waals surface area contributed by atoms with Crippen LogP contribution in [0.15, 0.2) is 0 Å². The molecule has 0 amide bonds. The SMILES string of the molecule is CCCC(C#COOC(C)(C)CC)OOC(C)(C)CC. The Balaban J connectivity index is 4.27. The van der Waals surface area contributed by atoms with Crippen LogP contribution in [0.1, 0.15) is 74.1 Å². The molecule has 0 heterocycles. The number of hydrogen-bond donors (Lipinski definition) is 0. The van der Waals surface area contributed by atoms with Gasteiger partial charge in [0.2, 0.25) is 0 Å². The van der Waals surface area contributed by atoms with Gasteiger partial charge in [0.25, 0.3) is 0 Å². The summed E-state index contributed by atoms with van der Waals surface area (Å²) in [6, 6.07) is 0. The molecule has 1 atom stereocenters. The van der Waals surface area contributed by atoms with Gasteiger partial charge in [0.1, 0.15) is 5.60 Å². The van der Waals surface area contributed by atoms with Gasteiger partial charge in [0, 0.05) is 0 Å². The van der Waals surface area contributed by atoms with E-state index in [-0.39, 0.29) is 17.3 Å². The van der Waals surface area contributed by atoms with Crippen LogP contribution in [-0.2, 0) is 19.6 Å². The third-order valence-corrected chi connectivity index (χ3v) is 3.17. The van der Waals surface area contributed by atoms with Crippen LogP contribution in [0.5, 0.6) is 0 Å². The summed E-state index contributed by atoms with van der Waals surface area (Å²) in [6.45, 7) is 14.0. The summed E-state index contributed by atoms with van der Waals surface area (Å²) in [5.41, 5.74) is -0.647. The van der Waals surface area contributed by atoms with Crippen LogP contribution in [0.25, 0.3) is 0 Å². The topological polar surface area (TPSA) is 36.9 Å². The van der Waals surface area contributed by atoms with E-state index in [9.17, 15) is 0 Å². The van der Waals surface area contributed by atoms with Crippen molar-refractivity contribution in [1.29, 1.82) is 0 Å². The highest BCUT2D eigenvalue weighted by molar-refractivity contribution is 4.98. The molecule has 0 rings (SSSR count). The van der Waals surface area contributed by atoms with Crippen molar-refractivity contribution in [3.05, 3.63) is 0 Å². The predicted molar refractivity (Wildman–Crippen MR) is 79.6 cm³/mol. The van der Waals surface area contributed by atoms with E-state index in [0.29, 0.717) is 0 Å². The van der Waals surface area contributed by atoms with E-state index in [1.807, 2.05) is 41.5 Å². The first-order chi connectivity index (χ1) is 9.26. The van der Waals surface area contributed by atoms with Crippen molar-refractivity contribution in [2.75, 3.05) is 0 Å². The Hall–Kier alpha value is -0.760. The second kappa shape index (κ2) is 9.23. The van der Waals surface area contributed by atoms with Crippen LogP contribution in [0.4, 0.5) is 0 Å². The van der Waals surface area contributed by atoms with Gasteiger partial charge in [-0.15, -0.1) is 0 Å². The van der Waals surface area contributed by atoms with E-state index in [0.717, 1.165) is 25.7 Å². The van der Waals surface area contributed by atoms with Crippen molar-refractivity contribution < 1.29 is 19.6 Å². The largest absolute Gasteiger partial charge is 0.282 e. The standard InChI is InChI=1S/C16H30O4/c1-8-11-14(18-20-16(6,7)10-3)12-13-17-19-15(4,5)9-2/h14H,8-11H2,1-7H3. The first-order valence-corrected chi connectivity index (χ1v) is 7.46. The minimum Gasteiger partial charge on any atom is -0.282 e. The Morgan fingerprint density at radius 1 is 0.900 bits per heavy atom. The molecule has 0 aliphatic rings. The molecule has 0 saturated heterocycles. The molecule has 0 saturated carbocycles. The third kappa shape index (κ3) is 9.19. The maximum absolute atomic E-state index is 5.41. The van der Waals surface area contributed by atoms with Crippen LogP contribution in [0.3, 0.4) is 0 Å². The molecule has 1 unspecified atom stereocenters. The molecule has 0 aromatic rings. The van der Waals surface area contributed by atoms with E-state index in [2.05, 4.69) is 19.0 Å². The Morgan fingerprint density at radius 2 is 1.45 bits per heavy atom. The zero-order valence-electron chi connectivity index (χ0n) is 14.0. The van der Waals surface area contributed by atoms with Crippen molar-refractivity contribution in [2.24, 2.45) is 0 Å². The van der Waals surface area contributed by atoms with E-state index >= 15 is 0 Å². The second-order valence-corrected chi connectivity index (χ2v) is 6.10. The van der Waals surface area contributed by atoms with Gasteiger partial charge in [-0.3, -0.25) is 4.89 Å². The van der Waals surface area contributed by atoms with Gasteiger partial charge in [-0.25, -0.2) is 9.78 Å². The quantitative estimate of drug-likeness (QED) is 0.358. The molecular formula is C16H30O4. The molecule has 0 bridgehead atoms. The second-order valence-electron chi connectivity index (χ2n) is 6.10. The Bertz CT molecular complexity index is 312. The summed E-state index contributed by atoms with van der Waals surface area (Å²) >= 11 is 0. The molecule has 4 heteroatoms. The van der Waals surface area contributed by atoms with Crippen molar-refractivity contribution in [3.63, 3.8) is 0 Å². The highest BCUT2D eigenvalue weighted by Gasteiger charge is 2.19. The predicted octanol–water partition coefficient (Wildman–Crippen LogP) is 4.39. The van der Waals surface area contributed by atoms with Gasteiger partial charge < -0.3 is 0 Å². The van der Waals surface area contributed by atoms with Gasteiger partial charge in [-0.1, -0.05) is 27.2 Å². The summed E-state index contributed by atoms with van der Waals surface area (Å²) < 4.78 is 0. The van der Waals surface area contributed by atoms with Crippen molar-refractivity contribution in [3.8, 4) is 12.0 Å². The van der Waals surface area contributed by atoms with E-state index < -0.39 is 0 Å². The molecule has 118 valence electrons. The lowest BCUT2D eigenvalue weighted by atomic mass is 10.1. The normalized spacial score (nSPS) is 13.6. The molecule has 0 fully saturated rings. The van der Waals surface area contributed by atoms with Crippen molar-refractivity contribution in [2.45, 2.75) is 91.5 Å². The minimum absolute atomic E-state index is 0.306. The van der Waals surface area contributed by atoms with Gasteiger partial charge >= 0.3 is 0 Å². The fourth-order valence-corrected chi connectivity index (χ4v) is 0.936. The van der Waals surface area contributed by atoms with E-state index in [4.69, 9.17) is 19.6 Å². The smallest absolute Gasteiger partial charge is 0.160 e. The van der Waals surface area contributed by atoms with Crippen LogP contribution >= 0.6 is 0 Å². The first-order valence-electron chi connectivity index (χ1n) is 7.46. The minimum atomic E-state index is -0.337. The lowest BCUT2D eigenvalue weighted by Gasteiger charge is -2.23. The third-order valence-electron chi connectivity index (χ3n) is 3.17. The van der Waals surface area contributed by atoms with Gasteiger partial charge in [-0.2, -0.15) is 4.89 Å². The van der Waals surface area contributed by atoms with Crippen molar-refractivity contribution >= 4 is 0 Å². The van der Waals surface area contributed by atoms with E-state index in [1.54, 1.807) is 0 Å². The number of rotatable bonds is 9. The molecule has 0 aliphatic carbocycles. The van der Waals surface area contributed by atoms with Gasteiger partial charge in [0.05, 0.1) is 5.60 Å². The van der Waals surface area contributed by atoms with Crippen LogP contribution < -0.4 is 0 Å². The fourth-order valence-electron chi connectivity index (χ4n) is 0.936. The molecular weight excluding hydrogens is 256 g/mol. The van der Waals surface area contributed by atoms with Crippen molar-refractivity contribution in [1.82, 2.24) is 0 Å². The van der Waals surface area contributed by atoms with Gasteiger partial charge in [0.15, 0.2) is 12.2 Å². The molecule has 0 radical (unpaired) electrons. The summed E-state index contributed by atoms with van der Waals surface area (Å²) in [5.74, 6) is 2.87. The molecule has 0 aliphatic heterocycles. The Labute approximate surface area is 124 Å². The monoisotopic (exact) mass is 286 g/mol. The zero-order chi connectivity index (χ0) is 15.6. The summed E-state index contributed by atoms with van der Waals surface area (Å²) in [7, 11) is 0. The molecule has 0 spiro atoms. The van der Waals surface area contributed by atoms with Crippen LogP contribution in [0.2, 0.25) is 0 Å². The molecule has 0 N–H and O–H groups in total. The zero-order valence-corrected chi connectivity index (χ0v) is 14.0. The fraction of sp³-hybridized carbons (Fsp3) is 0.875. The molecule has 0 aromatic heterocycles. The average molecular weight is 286 g/mol. The molecule has 20 heavy (non-hydrogen) atoms. The van der Waals surface area contributed by atoms with Crippen LogP contribution in [0, 0.1) is 12.0 Å². The van der Waals surface area contributed by atoms with E-state index in [1.165, 1.54) is 0 Å². The van der Waals surface area contributed by atoms with Crippen LogP contribution in [-0.4, -0.2) is 17.3 Å². The highest BCUT2D eigenvalue weighted by atomic mass is 17.2. The highest BCUT2D eigenvalue weighted by Crippen LogP contribution is 2.16. The summed E-state index contributed by atoms with van der Waals surface area (Å²) in [6.07, 6.45) is 5.68. The lowest BCUT2D eigenvalue weighted by Crippen LogP contribution is -2.26. The molecule has 0 aromatic carbocycles. The first kappa shape index (κ1) is 19.2. The summed E-state index contributed by atoms with van der Waals surface area (Å²) in [5, 5.41) is 0. The summed E-state index contributed by atoms with van der Waals surface area (Å²) in [4.78, 5) is 20.9. The molecule has 4 nitrogen and oxygen atoms in total. The number of hydrogen-bond acceptors (Lipinski definition) is 4. The Kier molecular flexibility index (Phi) is 8.88. The Morgan fingerprint density at radius 3 is 1.95 bits per heavy atom. The van der Waals surface area contributed by atoms with Gasteiger partial charge in [-0.05, 0) is 52.9 Å².